The van der Waals surface area contributed by atoms with E-state index >= 15 is 0 Å². The summed E-state index contributed by atoms with van der Waals surface area (Å²) in [6.07, 6.45) is 5.77. The Bertz CT molecular complexity index is 1330. The van der Waals surface area contributed by atoms with Crippen molar-refractivity contribution in [1.29, 1.82) is 0 Å². The van der Waals surface area contributed by atoms with E-state index in [-0.39, 0.29) is 24.3 Å². The summed E-state index contributed by atoms with van der Waals surface area (Å²) in [4.78, 5) is 30.4. The summed E-state index contributed by atoms with van der Waals surface area (Å²) in [5.74, 6) is 1.23. The van der Waals surface area contributed by atoms with Crippen molar-refractivity contribution in [3.63, 3.8) is 0 Å². The van der Waals surface area contributed by atoms with Gasteiger partial charge in [-0.1, -0.05) is 18.2 Å². The van der Waals surface area contributed by atoms with Crippen LogP contribution in [0, 0.1) is 0 Å². The third-order valence-corrected chi connectivity index (χ3v) is 5.89. The highest BCUT2D eigenvalue weighted by Gasteiger charge is 2.23. The molecular formula is C26H23N3O4. The molecule has 2 aromatic heterocycles. The monoisotopic (exact) mass is 441 g/mol. The number of nitrogens with zero attached hydrogens (tertiary/aromatic N) is 2. The lowest BCUT2D eigenvalue weighted by Gasteiger charge is -2.26. The van der Waals surface area contributed by atoms with Gasteiger partial charge >= 0.3 is 0 Å². The van der Waals surface area contributed by atoms with Crippen LogP contribution in [-0.2, 0) is 11.3 Å². The number of nitrogens with one attached hydrogen (secondary N) is 1. The number of carbonyl (C=O) groups is 2. The Morgan fingerprint density at radius 3 is 2.79 bits per heavy atom. The van der Waals surface area contributed by atoms with Crippen LogP contribution < -0.4 is 14.8 Å². The second kappa shape index (κ2) is 8.78. The van der Waals surface area contributed by atoms with Crippen LogP contribution in [0.3, 0.4) is 0 Å². The standard InChI is InChI=1S/C26H23N3O4/c1-32-18-8-6-17(7-9-18)26(31)21-15-29(23-14-27-12-10-19(21)23)16-25(30)28-22-11-13-33-24-5-3-2-4-20(22)24/h2-10,12,14-15,22H,11,13,16H2,1H3,(H,28,30)/t22-/m1/s1. The first kappa shape index (κ1) is 20.8. The van der Waals surface area contributed by atoms with Gasteiger partial charge in [0.05, 0.1) is 31.5 Å². The van der Waals surface area contributed by atoms with Crippen molar-refractivity contribution in [3.05, 3.63) is 89.9 Å². The molecule has 1 aliphatic heterocycles. The number of ketones is 1. The van der Waals surface area contributed by atoms with Crippen LogP contribution in [0.2, 0.25) is 0 Å². The van der Waals surface area contributed by atoms with Gasteiger partial charge in [0.2, 0.25) is 5.91 Å². The lowest BCUT2D eigenvalue weighted by molar-refractivity contribution is -0.122. The first-order valence-electron chi connectivity index (χ1n) is 10.8. The van der Waals surface area contributed by atoms with E-state index in [0.717, 1.165) is 22.2 Å². The van der Waals surface area contributed by atoms with Gasteiger partial charge in [-0.3, -0.25) is 14.6 Å². The molecule has 7 nitrogen and oxygen atoms in total. The Morgan fingerprint density at radius 2 is 1.97 bits per heavy atom. The highest BCUT2D eigenvalue weighted by molar-refractivity contribution is 6.16. The Kier molecular flexibility index (Phi) is 5.52. The molecule has 166 valence electrons. The Hall–Kier alpha value is -4.13. The quantitative estimate of drug-likeness (QED) is 0.459. The van der Waals surface area contributed by atoms with E-state index in [1.165, 1.54) is 0 Å². The van der Waals surface area contributed by atoms with Gasteiger partial charge in [0.1, 0.15) is 18.0 Å². The lowest BCUT2D eigenvalue weighted by Crippen LogP contribution is -2.34. The predicted octanol–water partition coefficient (Wildman–Crippen LogP) is 3.92. The van der Waals surface area contributed by atoms with Crippen LogP contribution in [0.25, 0.3) is 10.9 Å². The van der Waals surface area contributed by atoms with Gasteiger partial charge in [-0.2, -0.15) is 0 Å². The molecule has 1 aliphatic rings. The summed E-state index contributed by atoms with van der Waals surface area (Å²) in [6.45, 7) is 0.635. The molecule has 1 N–H and O–H groups in total. The summed E-state index contributed by atoms with van der Waals surface area (Å²) in [5, 5.41) is 3.87. The number of amides is 1. The molecule has 0 bridgehead atoms. The van der Waals surface area contributed by atoms with Crippen molar-refractivity contribution in [2.45, 2.75) is 19.0 Å². The van der Waals surface area contributed by atoms with E-state index in [9.17, 15) is 9.59 Å². The van der Waals surface area contributed by atoms with E-state index in [2.05, 4.69) is 10.3 Å². The topological polar surface area (TPSA) is 82.5 Å². The maximum atomic E-state index is 13.2. The zero-order chi connectivity index (χ0) is 22.8. The van der Waals surface area contributed by atoms with Crippen LogP contribution in [-0.4, -0.2) is 35.0 Å². The molecule has 4 aromatic rings. The average molecular weight is 441 g/mol. The van der Waals surface area contributed by atoms with Gasteiger partial charge in [-0.25, -0.2) is 0 Å². The number of fused-ring (bicyclic) bond motifs is 2. The van der Waals surface area contributed by atoms with Crippen molar-refractivity contribution in [3.8, 4) is 11.5 Å². The summed E-state index contributed by atoms with van der Waals surface area (Å²) in [7, 11) is 1.58. The molecular weight excluding hydrogens is 418 g/mol. The van der Waals surface area contributed by atoms with E-state index < -0.39 is 0 Å². The normalized spacial score (nSPS) is 14.9. The summed E-state index contributed by atoms with van der Waals surface area (Å²) < 4.78 is 12.6. The van der Waals surface area contributed by atoms with Crippen molar-refractivity contribution in [1.82, 2.24) is 14.9 Å². The summed E-state index contributed by atoms with van der Waals surface area (Å²) >= 11 is 0. The van der Waals surface area contributed by atoms with Gasteiger partial charge < -0.3 is 19.4 Å². The summed E-state index contributed by atoms with van der Waals surface area (Å²) in [6, 6.07) is 16.4. The highest BCUT2D eigenvalue weighted by Crippen LogP contribution is 2.31. The fraction of sp³-hybridized carbons (Fsp3) is 0.192. The number of pyridine rings is 1. The number of hydrogen-bond donors (Lipinski definition) is 1. The molecule has 0 saturated heterocycles. The molecule has 33 heavy (non-hydrogen) atoms. The van der Waals surface area contributed by atoms with Crippen LogP contribution >= 0.6 is 0 Å². The van der Waals surface area contributed by atoms with E-state index in [1.807, 2.05) is 24.3 Å². The number of benzene rings is 2. The van der Waals surface area contributed by atoms with Crippen molar-refractivity contribution in [2.75, 3.05) is 13.7 Å². The molecule has 0 saturated carbocycles. The molecule has 7 heteroatoms. The molecule has 0 unspecified atom stereocenters. The maximum absolute atomic E-state index is 13.2. The number of ether oxygens (including phenoxy) is 2. The van der Waals surface area contributed by atoms with Gasteiger partial charge in [-0.15, -0.1) is 0 Å². The fourth-order valence-corrected chi connectivity index (χ4v) is 4.23. The van der Waals surface area contributed by atoms with E-state index in [4.69, 9.17) is 9.47 Å². The largest absolute Gasteiger partial charge is 0.497 e. The van der Waals surface area contributed by atoms with Crippen LogP contribution in [0.4, 0.5) is 0 Å². The second-order valence-corrected chi connectivity index (χ2v) is 7.92. The minimum absolute atomic E-state index is 0.0810. The van der Waals surface area contributed by atoms with Crippen molar-refractivity contribution >= 4 is 22.6 Å². The number of para-hydroxylation sites is 1. The number of rotatable bonds is 6. The van der Waals surface area contributed by atoms with Gasteiger partial charge in [-0.05, 0) is 36.4 Å². The third-order valence-electron chi connectivity index (χ3n) is 5.89. The third kappa shape index (κ3) is 4.05. The minimum atomic E-state index is -0.138. The first-order valence-corrected chi connectivity index (χ1v) is 10.8. The Morgan fingerprint density at radius 1 is 1.15 bits per heavy atom. The minimum Gasteiger partial charge on any atom is -0.497 e. The van der Waals surface area contributed by atoms with Crippen LogP contribution in [0.15, 0.2) is 73.2 Å². The van der Waals surface area contributed by atoms with E-state index in [0.29, 0.717) is 29.9 Å². The summed E-state index contributed by atoms with van der Waals surface area (Å²) in [5.41, 5.74) is 2.79. The smallest absolute Gasteiger partial charge is 0.240 e. The Labute approximate surface area is 191 Å². The van der Waals surface area contributed by atoms with Crippen LogP contribution in [0.1, 0.15) is 33.9 Å². The van der Waals surface area contributed by atoms with Gasteiger partial charge in [0.15, 0.2) is 5.78 Å². The van der Waals surface area contributed by atoms with E-state index in [1.54, 1.807) is 60.6 Å². The molecule has 0 spiro atoms. The Balaban J connectivity index is 1.40. The maximum Gasteiger partial charge on any atom is 0.240 e. The fourth-order valence-electron chi connectivity index (χ4n) is 4.23. The van der Waals surface area contributed by atoms with Gasteiger partial charge in [0, 0.05) is 40.9 Å². The molecule has 2 aromatic carbocycles. The predicted molar refractivity (Wildman–Crippen MR) is 124 cm³/mol. The number of hydrogen-bond acceptors (Lipinski definition) is 5. The molecule has 0 fully saturated rings. The average Bonchev–Trinajstić information content (AvgIpc) is 3.22. The number of methoxy groups -OCH3 is 1. The van der Waals surface area contributed by atoms with Crippen molar-refractivity contribution < 1.29 is 19.1 Å². The molecule has 1 atom stereocenters. The van der Waals surface area contributed by atoms with Crippen LogP contribution in [0.5, 0.6) is 11.5 Å². The molecule has 0 aliphatic carbocycles. The zero-order valence-corrected chi connectivity index (χ0v) is 18.2. The molecule has 5 rings (SSSR count). The highest BCUT2D eigenvalue weighted by atomic mass is 16.5. The molecule has 0 radical (unpaired) electrons. The lowest BCUT2D eigenvalue weighted by atomic mass is 10.0. The molecule has 3 heterocycles. The van der Waals surface area contributed by atoms with Gasteiger partial charge in [0.25, 0.3) is 0 Å². The zero-order valence-electron chi connectivity index (χ0n) is 18.2. The first-order chi connectivity index (χ1) is 16.1. The number of carbonyl (C=O) groups excluding carboxylic acids is 2. The SMILES string of the molecule is COc1ccc(C(=O)c2cn(CC(=O)N[C@@H]3CCOc4ccccc43)c3cnccc23)cc1. The van der Waals surface area contributed by atoms with Crippen molar-refractivity contribution in [2.24, 2.45) is 0 Å². The molecule has 1 amide bonds. The second-order valence-electron chi connectivity index (χ2n) is 7.92. The number of aromatic nitrogens is 2.